The van der Waals surface area contributed by atoms with Crippen molar-refractivity contribution in [2.45, 2.75) is 35.8 Å². The molecule has 0 heterocycles. The minimum atomic E-state index is -4.34. The Kier molecular flexibility index (Phi) is 5.61. The minimum absolute atomic E-state index is 0.0896. The molecule has 1 saturated carbocycles. The molecule has 0 radical (unpaired) electrons. The quantitative estimate of drug-likeness (QED) is 0.446. The number of alkyl halides is 4. The summed E-state index contributed by atoms with van der Waals surface area (Å²) in [5.41, 5.74) is 0.418. The van der Waals surface area contributed by atoms with E-state index in [-0.39, 0.29) is 6.08 Å². The van der Waals surface area contributed by atoms with Crippen molar-refractivity contribution in [3.8, 4) is 0 Å². The van der Waals surface area contributed by atoms with E-state index in [2.05, 4.69) is 27.6 Å². The van der Waals surface area contributed by atoms with Crippen LogP contribution in [0.3, 0.4) is 0 Å². The zero-order chi connectivity index (χ0) is 12.9. The Morgan fingerprint density at radius 1 is 1.41 bits per heavy atom. The van der Waals surface area contributed by atoms with Gasteiger partial charge in [0.15, 0.2) is 0 Å². The zero-order valence-electron chi connectivity index (χ0n) is 9.17. The van der Waals surface area contributed by atoms with Gasteiger partial charge in [-0.1, -0.05) is 22.6 Å². The predicted molar refractivity (Wildman–Crippen MR) is 71.2 cm³/mol. The first kappa shape index (κ1) is 14.7. The van der Waals surface area contributed by atoms with Crippen molar-refractivity contribution in [3.05, 3.63) is 12.3 Å². The number of aliphatic imine (C=N–C) groups is 1. The molecule has 1 fully saturated rings. The molecule has 1 aliphatic rings. The van der Waals surface area contributed by atoms with Gasteiger partial charge in [-0.25, -0.2) is 0 Å². The molecule has 6 heteroatoms. The Bertz CT molecular complexity index is 323. The number of nitrogens with one attached hydrogen (secondary N) is 1. The molecule has 1 unspecified atom stereocenters. The molecular formula is C11H14F3IN2. The summed E-state index contributed by atoms with van der Waals surface area (Å²) in [6, 6.07) is 0. The summed E-state index contributed by atoms with van der Waals surface area (Å²) in [4.78, 5) is 3.69. The van der Waals surface area contributed by atoms with E-state index >= 15 is 0 Å². The molecule has 2 nitrogen and oxygen atoms in total. The van der Waals surface area contributed by atoms with Crippen LogP contribution in [0.1, 0.15) is 25.7 Å². The average molecular weight is 358 g/mol. The van der Waals surface area contributed by atoms with Crippen LogP contribution in [0.25, 0.3) is 0 Å². The standard InChI is InChI=1S/C11H14F3IN2/c12-11(13,14)3-4-17-10(7-16)6-8-1-2-9(15)5-8/h3-4,7-9,16H,1-2,5-6H2/b4-3+,16-7?,17-10-/t8-,9?/m1/s1. The van der Waals surface area contributed by atoms with E-state index in [1.165, 1.54) is 0 Å². The molecule has 0 aromatic carbocycles. The van der Waals surface area contributed by atoms with Gasteiger partial charge in [0.2, 0.25) is 0 Å². The van der Waals surface area contributed by atoms with Gasteiger partial charge in [0, 0.05) is 22.4 Å². The zero-order valence-corrected chi connectivity index (χ0v) is 11.3. The maximum atomic E-state index is 11.9. The molecule has 2 atom stereocenters. The first-order chi connectivity index (χ1) is 7.90. The number of hydrogen-bond acceptors (Lipinski definition) is 2. The molecule has 0 aliphatic heterocycles. The van der Waals surface area contributed by atoms with Gasteiger partial charge in [-0.2, -0.15) is 13.2 Å². The summed E-state index contributed by atoms with van der Waals surface area (Å²) in [5, 5.41) is 7.14. The van der Waals surface area contributed by atoms with E-state index in [1.54, 1.807) is 0 Å². The van der Waals surface area contributed by atoms with Crippen LogP contribution in [0.4, 0.5) is 13.2 Å². The Morgan fingerprint density at radius 3 is 2.59 bits per heavy atom. The summed E-state index contributed by atoms with van der Waals surface area (Å²) in [6.07, 6.45) is 1.42. The van der Waals surface area contributed by atoms with E-state index in [4.69, 9.17) is 5.41 Å². The van der Waals surface area contributed by atoms with E-state index < -0.39 is 6.18 Å². The molecular weight excluding hydrogens is 344 g/mol. The Hall–Kier alpha value is -0.400. The lowest BCUT2D eigenvalue weighted by atomic mass is 10.0. The first-order valence-electron chi connectivity index (χ1n) is 5.36. The van der Waals surface area contributed by atoms with Crippen LogP contribution in [0.5, 0.6) is 0 Å². The second-order valence-corrected chi connectivity index (χ2v) is 5.86. The van der Waals surface area contributed by atoms with Crippen molar-refractivity contribution < 1.29 is 13.2 Å². The van der Waals surface area contributed by atoms with Gasteiger partial charge in [0.25, 0.3) is 0 Å². The van der Waals surface area contributed by atoms with Crippen LogP contribution in [0, 0.1) is 11.3 Å². The van der Waals surface area contributed by atoms with Crippen LogP contribution in [0.15, 0.2) is 17.3 Å². The highest BCUT2D eigenvalue weighted by Crippen LogP contribution is 2.33. The van der Waals surface area contributed by atoms with Crippen LogP contribution >= 0.6 is 22.6 Å². The SMILES string of the molecule is N=C/C(C[C@@H]1CCC(I)C1)=N\C=C\C(F)(F)F. The van der Waals surface area contributed by atoms with Crippen LogP contribution in [-0.2, 0) is 0 Å². The smallest absolute Gasteiger partial charge is 0.307 e. The van der Waals surface area contributed by atoms with Gasteiger partial charge in [-0.15, -0.1) is 0 Å². The van der Waals surface area contributed by atoms with Crippen molar-refractivity contribution in [1.82, 2.24) is 0 Å². The molecule has 0 spiro atoms. The fourth-order valence-corrected chi connectivity index (χ4v) is 2.94. The summed E-state index contributed by atoms with van der Waals surface area (Å²) in [6.45, 7) is 0. The lowest BCUT2D eigenvalue weighted by Gasteiger charge is -2.07. The highest BCUT2D eigenvalue weighted by atomic mass is 127. The normalized spacial score (nSPS) is 26.7. The van der Waals surface area contributed by atoms with Gasteiger partial charge in [-0.05, 0) is 31.6 Å². The molecule has 17 heavy (non-hydrogen) atoms. The highest BCUT2D eigenvalue weighted by Gasteiger charge is 2.24. The number of nitrogens with zero attached hydrogens (tertiary/aromatic N) is 1. The van der Waals surface area contributed by atoms with Crippen molar-refractivity contribution in [2.24, 2.45) is 10.9 Å². The molecule has 1 rings (SSSR count). The van der Waals surface area contributed by atoms with Crippen molar-refractivity contribution >= 4 is 34.5 Å². The van der Waals surface area contributed by atoms with Gasteiger partial charge in [0.1, 0.15) is 0 Å². The second-order valence-electron chi connectivity index (χ2n) is 4.10. The predicted octanol–water partition coefficient (Wildman–Crippen LogP) is 4.15. The maximum absolute atomic E-state index is 11.9. The Morgan fingerprint density at radius 2 is 2.12 bits per heavy atom. The van der Waals surface area contributed by atoms with Crippen molar-refractivity contribution in [2.75, 3.05) is 0 Å². The van der Waals surface area contributed by atoms with Gasteiger partial charge in [0.05, 0.1) is 5.71 Å². The van der Waals surface area contributed by atoms with Crippen LogP contribution in [-0.4, -0.2) is 22.0 Å². The molecule has 0 aromatic rings. The third-order valence-corrected chi connectivity index (χ3v) is 3.78. The fourth-order valence-electron chi connectivity index (χ4n) is 1.86. The van der Waals surface area contributed by atoms with Crippen molar-refractivity contribution in [3.63, 3.8) is 0 Å². The monoisotopic (exact) mass is 358 g/mol. The summed E-state index contributed by atoms with van der Waals surface area (Å²) >= 11 is 2.39. The first-order valence-corrected chi connectivity index (χ1v) is 6.61. The number of hydrogen-bond donors (Lipinski definition) is 1. The highest BCUT2D eigenvalue weighted by molar-refractivity contribution is 14.1. The van der Waals surface area contributed by atoms with Gasteiger partial charge >= 0.3 is 6.18 Å². The molecule has 96 valence electrons. The van der Waals surface area contributed by atoms with Gasteiger partial charge in [-0.3, -0.25) is 4.99 Å². The maximum Gasteiger partial charge on any atom is 0.411 e. The van der Waals surface area contributed by atoms with Crippen LogP contribution < -0.4 is 0 Å². The van der Waals surface area contributed by atoms with E-state index in [9.17, 15) is 13.2 Å². The lowest BCUT2D eigenvalue weighted by Crippen LogP contribution is -2.07. The molecule has 0 aromatic heterocycles. The van der Waals surface area contributed by atoms with E-state index in [0.717, 1.165) is 31.7 Å². The largest absolute Gasteiger partial charge is 0.411 e. The molecule has 0 bridgehead atoms. The lowest BCUT2D eigenvalue weighted by molar-refractivity contribution is -0.0799. The van der Waals surface area contributed by atoms with E-state index in [0.29, 0.717) is 22.0 Å². The topological polar surface area (TPSA) is 36.2 Å². The van der Waals surface area contributed by atoms with E-state index in [1.807, 2.05) is 0 Å². The van der Waals surface area contributed by atoms with Crippen molar-refractivity contribution in [1.29, 1.82) is 5.41 Å². The second kappa shape index (κ2) is 6.51. The average Bonchev–Trinajstić information content (AvgIpc) is 2.60. The molecule has 1 aliphatic carbocycles. The molecule has 0 amide bonds. The summed E-state index contributed by atoms with van der Waals surface area (Å²) in [7, 11) is 0. The third-order valence-electron chi connectivity index (χ3n) is 2.65. The Labute approximate surface area is 112 Å². The molecule has 1 N–H and O–H groups in total. The number of rotatable bonds is 4. The Balaban J connectivity index is 2.51. The fraction of sp³-hybridized carbons (Fsp3) is 0.636. The summed E-state index contributed by atoms with van der Waals surface area (Å²) < 4.78 is 36.2. The number of halogens is 4. The minimum Gasteiger partial charge on any atom is -0.307 e. The summed E-state index contributed by atoms with van der Waals surface area (Å²) in [5.74, 6) is 0.455. The van der Waals surface area contributed by atoms with Gasteiger partial charge < -0.3 is 5.41 Å². The van der Waals surface area contributed by atoms with Crippen LogP contribution in [0.2, 0.25) is 0 Å². The third kappa shape index (κ3) is 6.18. The number of allylic oxidation sites excluding steroid dienone is 1. The molecule has 0 saturated heterocycles.